The summed E-state index contributed by atoms with van der Waals surface area (Å²) in [6.45, 7) is 24.6. The van der Waals surface area contributed by atoms with Gasteiger partial charge in [-0.25, -0.2) is 5.56 Å². The van der Waals surface area contributed by atoms with Crippen molar-refractivity contribution in [3.8, 4) is 0 Å². The SMILES string of the molecule is CC1=C(C)N(C)[C](=[Al])N1C.Cc1c(C)c([Si](C)(C)[N-]C(C)(C)C)[c-](C)c1C.[CH3-]. The molecule has 1 radical (unpaired) electrons. The molecule has 0 N–H and O–H groups in total. The molecule has 2 rings (SSSR count). The van der Waals surface area contributed by atoms with E-state index in [1.807, 2.05) is 0 Å². The molecule has 0 bridgehead atoms. The van der Waals surface area contributed by atoms with E-state index in [-0.39, 0.29) is 13.0 Å². The van der Waals surface area contributed by atoms with Gasteiger partial charge in [-0.15, -0.1) is 5.54 Å². The van der Waals surface area contributed by atoms with Gasteiger partial charge in [0.1, 0.15) is 0 Å². The van der Waals surface area contributed by atoms with Gasteiger partial charge in [-0.3, -0.25) is 0 Å². The van der Waals surface area contributed by atoms with Gasteiger partial charge in [0.25, 0.3) is 0 Å². The molecule has 3 nitrogen and oxygen atoms in total. The molecular weight excluding hydrogens is 373 g/mol. The summed E-state index contributed by atoms with van der Waals surface area (Å²) in [5.41, 5.74) is 8.59. The van der Waals surface area contributed by atoms with Crippen LogP contribution in [0.5, 0.6) is 0 Å². The zero-order valence-electron chi connectivity index (χ0n) is 20.9. The number of nitrogens with zero attached hydrogens (tertiary/aromatic N) is 3. The molecule has 0 saturated carbocycles. The average Bonchev–Trinajstić information content (AvgIpc) is 2.82. The third-order valence-electron chi connectivity index (χ3n) is 5.88. The zero-order valence-corrected chi connectivity index (χ0v) is 23.1. The molecule has 28 heavy (non-hydrogen) atoms. The minimum atomic E-state index is -1.69. The van der Waals surface area contributed by atoms with E-state index in [4.69, 9.17) is 4.98 Å². The first kappa shape index (κ1) is 27.3. The Labute approximate surface area is 184 Å². The Balaban J connectivity index is 0.000000567. The molecule has 0 aliphatic carbocycles. The number of hydrogen-bond donors (Lipinski definition) is 0. The summed E-state index contributed by atoms with van der Waals surface area (Å²) in [5, 5.41) is 1.56. The molecule has 0 saturated heterocycles. The van der Waals surface area contributed by atoms with Crippen molar-refractivity contribution in [3.63, 3.8) is 0 Å². The molecule has 0 aromatic heterocycles. The summed E-state index contributed by atoms with van der Waals surface area (Å²) in [4.78, 5) is 9.46. The van der Waals surface area contributed by atoms with E-state index in [2.05, 4.69) is 115 Å². The summed E-state index contributed by atoms with van der Waals surface area (Å²) in [7, 11) is 2.46. The fourth-order valence-corrected chi connectivity index (χ4v) is 8.47. The maximum atomic E-state index is 5.13. The van der Waals surface area contributed by atoms with Crippen molar-refractivity contribution in [3.05, 3.63) is 46.1 Å². The van der Waals surface area contributed by atoms with E-state index >= 15 is 0 Å². The van der Waals surface area contributed by atoms with Crippen molar-refractivity contribution >= 4 is 33.9 Å². The molecule has 1 aromatic carbocycles. The molecule has 1 aliphatic heterocycles. The molecule has 1 aromatic rings. The van der Waals surface area contributed by atoms with Gasteiger partial charge < -0.3 is 12.4 Å². The van der Waals surface area contributed by atoms with E-state index in [0.29, 0.717) is 0 Å². The smallest absolute Gasteiger partial charge is 0.0599 e. The predicted octanol–water partition coefficient (Wildman–Crippen LogP) is 5.04. The predicted molar refractivity (Wildman–Crippen MR) is 132 cm³/mol. The van der Waals surface area contributed by atoms with E-state index in [9.17, 15) is 0 Å². The van der Waals surface area contributed by atoms with E-state index < -0.39 is 8.24 Å². The van der Waals surface area contributed by atoms with Crippen LogP contribution in [0.3, 0.4) is 0 Å². The van der Waals surface area contributed by atoms with Gasteiger partial charge in [-0.2, -0.15) is 21.9 Å². The van der Waals surface area contributed by atoms with Gasteiger partial charge in [0.15, 0.2) is 0 Å². The van der Waals surface area contributed by atoms with Crippen LogP contribution in [0.25, 0.3) is 4.98 Å². The van der Waals surface area contributed by atoms with Crippen LogP contribution in [0.4, 0.5) is 0 Å². The van der Waals surface area contributed by atoms with Gasteiger partial charge in [0, 0.05) is 0 Å². The molecule has 1 heterocycles. The van der Waals surface area contributed by atoms with Crippen molar-refractivity contribution in [1.82, 2.24) is 9.80 Å². The van der Waals surface area contributed by atoms with Gasteiger partial charge in [0.05, 0.1) is 0 Å². The first-order valence-electron chi connectivity index (χ1n) is 9.77. The fourth-order valence-electron chi connectivity index (χ4n) is 4.08. The molecule has 0 fully saturated rings. The molecule has 0 amide bonds. The second-order valence-electron chi connectivity index (χ2n) is 9.36. The average molecular weight is 416 g/mol. The van der Waals surface area contributed by atoms with Gasteiger partial charge in [0.2, 0.25) is 0 Å². The third kappa shape index (κ3) is 5.66. The van der Waals surface area contributed by atoms with Gasteiger partial charge in [-0.05, 0) is 0 Å². The molecule has 5 heteroatoms. The van der Waals surface area contributed by atoms with Crippen LogP contribution in [0, 0.1) is 35.1 Å². The largest absolute Gasteiger partial charge is 0.658 e. The maximum Gasteiger partial charge on any atom is -0.0599 e. The van der Waals surface area contributed by atoms with Gasteiger partial charge in [-0.1, -0.05) is 69.8 Å². The Morgan fingerprint density at radius 2 is 1.29 bits per heavy atom. The first-order chi connectivity index (χ1) is 12.0. The summed E-state index contributed by atoms with van der Waals surface area (Å²) in [6, 6.07) is 0. The third-order valence-corrected chi connectivity index (χ3v) is 9.86. The Bertz CT molecular complexity index is 705. The van der Waals surface area contributed by atoms with Crippen molar-refractivity contribution in [1.29, 1.82) is 0 Å². The van der Waals surface area contributed by atoms with Crippen molar-refractivity contribution in [2.45, 2.75) is 80.9 Å². The summed E-state index contributed by atoms with van der Waals surface area (Å²) >= 11 is 2.73. The molecule has 0 unspecified atom stereocenters. The van der Waals surface area contributed by atoms with E-state index in [0.717, 1.165) is 0 Å². The van der Waals surface area contributed by atoms with Crippen LogP contribution < -0.4 is 5.19 Å². The quantitative estimate of drug-likeness (QED) is 0.498. The number of hydrogen-bond acceptors (Lipinski definition) is 2. The topological polar surface area (TPSA) is 20.6 Å². The minimum absolute atomic E-state index is 0. The van der Waals surface area contributed by atoms with Crippen LogP contribution in [-0.4, -0.2) is 58.1 Å². The van der Waals surface area contributed by atoms with Crippen molar-refractivity contribution in [2.24, 2.45) is 0 Å². The summed E-state index contributed by atoms with van der Waals surface area (Å²) in [5.74, 6) is 0. The van der Waals surface area contributed by atoms with Crippen LogP contribution in [0.2, 0.25) is 13.1 Å². The number of rotatable bonds is 2. The summed E-state index contributed by atoms with van der Waals surface area (Å²) < 4.78 is 1.22. The standard InChI is InChI=1S/C15H27NSi.C7H12N2.CH3.Al/c1-10-11(2)13(4)14(12(10)3)17(8,9)16-15(5,6)7;1-6-7(2)9(4)5-8(6)3;;/h1-9H3;1-4H3;1H3;/q-2;;-1;. The second-order valence-corrected chi connectivity index (χ2v) is 13.7. The van der Waals surface area contributed by atoms with Crippen molar-refractivity contribution < 1.29 is 0 Å². The van der Waals surface area contributed by atoms with Crippen LogP contribution >= 0.6 is 0 Å². The minimum Gasteiger partial charge on any atom is -0.658 e. The maximum absolute atomic E-state index is 5.13. The van der Waals surface area contributed by atoms with E-state index in [1.54, 1.807) is 5.19 Å². The Morgan fingerprint density at radius 3 is 1.50 bits per heavy atom. The molecule has 0 spiro atoms. The second kappa shape index (κ2) is 9.39. The Hall–Kier alpha value is -0.731. The molecular formula is C23H42AlN3Si-3. The van der Waals surface area contributed by atoms with Crippen LogP contribution in [0.15, 0.2) is 11.4 Å². The van der Waals surface area contributed by atoms with Crippen LogP contribution in [0.1, 0.15) is 56.9 Å². The van der Waals surface area contributed by atoms with E-state index in [1.165, 1.54) is 38.3 Å². The van der Waals surface area contributed by atoms with Crippen LogP contribution in [-0.2, 0) is 0 Å². The first-order valence-corrected chi connectivity index (χ1v) is 13.3. The fraction of sp³-hybridized carbons (Fsp3) is 0.609. The van der Waals surface area contributed by atoms with Crippen molar-refractivity contribution in [2.75, 3.05) is 14.1 Å². The monoisotopic (exact) mass is 415 g/mol. The Kier molecular flexibility index (Phi) is 9.14. The van der Waals surface area contributed by atoms with Gasteiger partial charge >= 0.3 is 69.6 Å². The molecule has 1 aliphatic rings. The zero-order chi connectivity index (χ0) is 21.5. The summed E-state index contributed by atoms with van der Waals surface area (Å²) in [6.07, 6.45) is 0. The normalized spacial score (nSPS) is 14.9. The number of allylic oxidation sites excluding steroid dienone is 2. The molecule has 159 valence electrons. The molecule has 0 atom stereocenters. The Morgan fingerprint density at radius 1 is 0.893 bits per heavy atom.